The third-order valence-electron chi connectivity index (χ3n) is 4.04. The molecule has 0 aliphatic carbocycles. The Hall–Kier alpha value is -1.56. The molecule has 5 N–H and O–H groups in total. The van der Waals surface area contributed by atoms with Crippen molar-refractivity contribution in [3.63, 3.8) is 0 Å². The number of fused-ring (bicyclic) bond motifs is 1. The van der Waals surface area contributed by atoms with E-state index >= 15 is 0 Å². The lowest BCUT2D eigenvalue weighted by Crippen LogP contribution is -2.46. The van der Waals surface area contributed by atoms with Gasteiger partial charge in [-0.1, -0.05) is 30.3 Å². The van der Waals surface area contributed by atoms with Crippen LogP contribution in [-0.4, -0.2) is 23.4 Å². The SMILES string of the molecule is CC1(C)Oc2cc(N)c(Br)cc2CC1O.NCCc1ccccc1. The Balaban J connectivity index is 0.000000198. The van der Waals surface area contributed by atoms with E-state index in [2.05, 4.69) is 28.1 Å². The molecule has 1 heterocycles. The molecule has 1 aliphatic rings. The fourth-order valence-electron chi connectivity index (χ4n) is 2.48. The van der Waals surface area contributed by atoms with Gasteiger partial charge in [0.05, 0.1) is 6.10 Å². The van der Waals surface area contributed by atoms with E-state index in [1.807, 2.05) is 38.1 Å². The Morgan fingerprint density at radius 2 is 1.92 bits per heavy atom. The lowest BCUT2D eigenvalue weighted by atomic mass is 9.91. The summed E-state index contributed by atoms with van der Waals surface area (Å²) in [4.78, 5) is 0. The number of benzene rings is 2. The molecule has 4 nitrogen and oxygen atoms in total. The molecule has 1 unspecified atom stereocenters. The highest BCUT2D eigenvalue weighted by atomic mass is 79.9. The second kappa shape index (κ2) is 8.01. The van der Waals surface area contributed by atoms with Crippen LogP contribution in [-0.2, 0) is 12.8 Å². The number of rotatable bonds is 2. The van der Waals surface area contributed by atoms with Crippen LogP contribution >= 0.6 is 15.9 Å². The smallest absolute Gasteiger partial charge is 0.129 e. The first-order valence-electron chi connectivity index (χ1n) is 8.02. The molecule has 0 aromatic heterocycles. The first-order valence-corrected chi connectivity index (χ1v) is 8.81. The van der Waals surface area contributed by atoms with Gasteiger partial charge < -0.3 is 21.3 Å². The van der Waals surface area contributed by atoms with Gasteiger partial charge in [0.25, 0.3) is 0 Å². The highest BCUT2D eigenvalue weighted by Gasteiger charge is 2.35. The monoisotopic (exact) mass is 392 g/mol. The molecule has 130 valence electrons. The molecule has 24 heavy (non-hydrogen) atoms. The van der Waals surface area contributed by atoms with Gasteiger partial charge >= 0.3 is 0 Å². The predicted octanol–water partition coefficient (Wildman–Crippen LogP) is 3.29. The minimum Gasteiger partial charge on any atom is -0.485 e. The first-order chi connectivity index (χ1) is 11.3. The van der Waals surface area contributed by atoms with Gasteiger partial charge in [-0.2, -0.15) is 0 Å². The van der Waals surface area contributed by atoms with Crippen molar-refractivity contribution in [2.24, 2.45) is 5.73 Å². The van der Waals surface area contributed by atoms with E-state index in [9.17, 15) is 5.11 Å². The summed E-state index contributed by atoms with van der Waals surface area (Å²) >= 11 is 3.36. The van der Waals surface area contributed by atoms with Crippen molar-refractivity contribution in [3.8, 4) is 5.75 Å². The topological polar surface area (TPSA) is 81.5 Å². The summed E-state index contributed by atoms with van der Waals surface area (Å²) in [6.07, 6.45) is 1.10. The summed E-state index contributed by atoms with van der Waals surface area (Å²) in [6.45, 7) is 4.49. The van der Waals surface area contributed by atoms with E-state index in [0.29, 0.717) is 12.1 Å². The number of aliphatic hydroxyl groups is 1. The number of nitrogens with two attached hydrogens (primary N) is 2. The summed E-state index contributed by atoms with van der Waals surface area (Å²) in [5.41, 5.74) is 13.6. The molecule has 1 aliphatic heterocycles. The normalized spacial score (nSPS) is 18.0. The third-order valence-corrected chi connectivity index (χ3v) is 4.73. The molecule has 0 radical (unpaired) electrons. The van der Waals surface area contributed by atoms with E-state index in [4.69, 9.17) is 16.2 Å². The van der Waals surface area contributed by atoms with Crippen LogP contribution in [0.3, 0.4) is 0 Å². The fraction of sp³-hybridized carbons (Fsp3) is 0.368. The van der Waals surface area contributed by atoms with Gasteiger partial charge in [-0.05, 0) is 59.9 Å². The first kappa shape index (κ1) is 18.8. The molecule has 2 aromatic rings. The number of nitrogen functional groups attached to an aromatic ring is 1. The van der Waals surface area contributed by atoms with Crippen LogP contribution in [0, 0.1) is 0 Å². The van der Waals surface area contributed by atoms with Gasteiger partial charge in [-0.15, -0.1) is 0 Å². The molecule has 0 saturated heterocycles. The number of hydrogen-bond donors (Lipinski definition) is 3. The van der Waals surface area contributed by atoms with E-state index in [1.54, 1.807) is 6.07 Å². The standard InChI is InChI=1S/C11H14BrNO2.C8H11N/c1-11(2)10(14)4-6-3-7(12)8(13)5-9(6)15-11;9-7-6-8-4-2-1-3-5-8/h3,5,10,14H,4,13H2,1-2H3;1-5H,6-7,9H2. The van der Waals surface area contributed by atoms with Crippen LogP contribution in [0.5, 0.6) is 5.75 Å². The van der Waals surface area contributed by atoms with Crippen molar-refractivity contribution >= 4 is 21.6 Å². The molecule has 0 fully saturated rings. The summed E-state index contributed by atoms with van der Waals surface area (Å²) in [5, 5.41) is 9.87. The molecule has 1 atom stereocenters. The fourth-order valence-corrected chi connectivity index (χ4v) is 2.87. The van der Waals surface area contributed by atoms with Crippen molar-refractivity contribution in [2.75, 3.05) is 12.3 Å². The van der Waals surface area contributed by atoms with Crippen molar-refractivity contribution in [1.82, 2.24) is 0 Å². The number of aliphatic hydroxyl groups excluding tert-OH is 1. The largest absolute Gasteiger partial charge is 0.485 e. The second-order valence-corrected chi connectivity index (χ2v) is 7.29. The molecule has 0 saturated carbocycles. The predicted molar refractivity (Wildman–Crippen MR) is 102 cm³/mol. The molecular weight excluding hydrogens is 368 g/mol. The molecule has 0 bridgehead atoms. The van der Waals surface area contributed by atoms with Gasteiger partial charge in [-0.3, -0.25) is 0 Å². The molecular formula is C19H25BrN2O2. The van der Waals surface area contributed by atoms with Crippen molar-refractivity contribution in [2.45, 2.75) is 38.4 Å². The third kappa shape index (κ3) is 4.72. The Bertz CT molecular complexity index is 675. The van der Waals surface area contributed by atoms with Crippen LogP contribution in [0.15, 0.2) is 46.9 Å². The number of ether oxygens (including phenoxy) is 1. The van der Waals surface area contributed by atoms with Crippen molar-refractivity contribution in [3.05, 3.63) is 58.1 Å². The number of halogens is 1. The molecule has 5 heteroatoms. The Labute approximate surface area is 151 Å². The van der Waals surface area contributed by atoms with Gasteiger partial charge in [0, 0.05) is 22.6 Å². The lowest BCUT2D eigenvalue weighted by molar-refractivity contribution is -0.0411. The van der Waals surface area contributed by atoms with Crippen LogP contribution in [0.25, 0.3) is 0 Å². The average molecular weight is 393 g/mol. The number of anilines is 1. The van der Waals surface area contributed by atoms with Gasteiger partial charge in [0.1, 0.15) is 11.4 Å². The number of hydrogen-bond acceptors (Lipinski definition) is 4. The quantitative estimate of drug-likeness (QED) is 0.684. The maximum absolute atomic E-state index is 9.87. The summed E-state index contributed by atoms with van der Waals surface area (Å²) in [5.74, 6) is 0.769. The van der Waals surface area contributed by atoms with Crippen molar-refractivity contribution in [1.29, 1.82) is 0 Å². The zero-order valence-corrected chi connectivity index (χ0v) is 15.7. The summed E-state index contributed by atoms with van der Waals surface area (Å²) < 4.78 is 6.56. The Kier molecular flexibility index (Phi) is 6.27. The van der Waals surface area contributed by atoms with Gasteiger partial charge in [0.2, 0.25) is 0 Å². The van der Waals surface area contributed by atoms with Crippen LogP contribution < -0.4 is 16.2 Å². The summed E-state index contributed by atoms with van der Waals surface area (Å²) in [6, 6.07) is 14.0. The van der Waals surface area contributed by atoms with Crippen LogP contribution in [0.4, 0.5) is 5.69 Å². The minimum absolute atomic E-state index is 0.486. The minimum atomic E-state index is -0.548. The maximum Gasteiger partial charge on any atom is 0.129 e. The Morgan fingerprint density at radius 1 is 1.25 bits per heavy atom. The zero-order chi connectivity index (χ0) is 17.7. The molecule has 3 rings (SSSR count). The van der Waals surface area contributed by atoms with Crippen LogP contribution in [0.1, 0.15) is 25.0 Å². The second-order valence-electron chi connectivity index (χ2n) is 6.43. The van der Waals surface area contributed by atoms with E-state index in [1.165, 1.54) is 5.56 Å². The van der Waals surface area contributed by atoms with E-state index in [0.717, 1.165) is 28.8 Å². The van der Waals surface area contributed by atoms with Gasteiger partial charge in [0.15, 0.2) is 0 Å². The average Bonchev–Trinajstić information content (AvgIpc) is 2.53. The lowest BCUT2D eigenvalue weighted by Gasteiger charge is -2.37. The highest BCUT2D eigenvalue weighted by molar-refractivity contribution is 9.10. The van der Waals surface area contributed by atoms with E-state index in [-0.39, 0.29) is 0 Å². The zero-order valence-electron chi connectivity index (χ0n) is 14.1. The molecule has 0 spiro atoms. The van der Waals surface area contributed by atoms with E-state index < -0.39 is 11.7 Å². The molecule has 0 amide bonds. The van der Waals surface area contributed by atoms with Gasteiger partial charge in [-0.25, -0.2) is 0 Å². The van der Waals surface area contributed by atoms with Crippen LogP contribution in [0.2, 0.25) is 0 Å². The molecule has 2 aromatic carbocycles. The Morgan fingerprint density at radius 3 is 2.54 bits per heavy atom. The van der Waals surface area contributed by atoms with Crippen molar-refractivity contribution < 1.29 is 9.84 Å². The summed E-state index contributed by atoms with van der Waals surface area (Å²) in [7, 11) is 0. The maximum atomic E-state index is 9.87. The highest BCUT2D eigenvalue weighted by Crippen LogP contribution is 2.37.